The second-order valence-electron chi connectivity index (χ2n) is 5.95. The van der Waals surface area contributed by atoms with Gasteiger partial charge in [0.05, 0.1) is 0 Å². The van der Waals surface area contributed by atoms with Crippen LogP contribution in [0.2, 0.25) is 0 Å². The van der Waals surface area contributed by atoms with Gasteiger partial charge >= 0.3 is 0 Å². The summed E-state index contributed by atoms with van der Waals surface area (Å²) in [6, 6.07) is 27.9. The summed E-state index contributed by atoms with van der Waals surface area (Å²) in [6.45, 7) is 0. The molecule has 0 saturated heterocycles. The summed E-state index contributed by atoms with van der Waals surface area (Å²) in [7, 11) is 0. The Morgan fingerprint density at radius 3 is 1.93 bits per heavy atom. The molecule has 1 aromatic heterocycles. The van der Waals surface area contributed by atoms with Gasteiger partial charge in [0.1, 0.15) is 0 Å². The summed E-state index contributed by atoms with van der Waals surface area (Å²) in [5.74, 6) is -1.35. The van der Waals surface area contributed by atoms with E-state index in [1.165, 1.54) is 0 Å². The Morgan fingerprint density at radius 2 is 1.36 bits per heavy atom. The maximum atomic E-state index is 14.2. The first kappa shape index (κ1) is 19.9. The molecule has 4 aromatic rings. The van der Waals surface area contributed by atoms with Crippen LogP contribution in [0, 0.1) is 17.7 Å². The number of nitrogens with zero attached hydrogens (tertiary/aromatic N) is 2. The molecule has 0 aliphatic carbocycles. The SMILES string of the molecule is Fc1c[c-]c(-c2cc(N(c3ccccc3)c3ccccc3)ccn2)c(F)c1.[Ir]. The Labute approximate surface area is 175 Å². The summed E-state index contributed by atoms with van der Waals surface area (Å²) in [5.41, 5.74) is 3.27. The number of pyridine rings is 1. The minimum Gasteiger partial charge on any atom is -0.311 e. The molecule has 0 atom stereocenters. The molecule has 4 rings (SSSR count). The van der Waals surface area contributed by atoms with Crippen LogP contribution in [0.3, 0.4) is 0 Å². The van der Waals surface area contributed by atoms with Gasteiger partial charge in [0.2, 0.25) is 0 Å². The van der Waals surface area contributed by atoms with Gasteiger partial charge in [-0.05, 0) is 36.0 Å². The van der Waals surface area contributed by atoms with E-state index in [9.17, 15) is 8.78 Å². The molecule has 2 nitrogen and oxygen atoms in total. The molecule has 0 aliphatic heterocycles. The van der Waals surface area contributed by atoms with Crippen molar-refractivity contribution in [1.29, 1.82) is 0 Å². The molecule has 0 fully saturated rings. The molecule has 0 N–H and O–H groups in total. The maximum Gasteiger partial charge on any atom is 0.0461 e. The molecular weight excluding hydrogens is 534 g/mol. The summed E-state index contributed by atoms with van der Waals surface area (Å²) < 4.78 is 27.4. The van der Waals surface area contributed by atoms with Crippen LogP contribution < -0.4 is 4.90 Å². The number of hydrogen-bond donors (Lipinski definition) is 0. The molecule has 0 bridgehead atoms. The molecule has 1 radical (unpaired) electrons. The first-order valence-corrected chi connectivity index (χ1v) is 8.46. The standard InChI is InChI=1S/C23H15F2N2.Ir/c24-17-11-12-21(22(25)15-17)23-16-20(13-14-26-23)27(18-7-3-1-4-8-18)19-9-5-2-6-10-19;/h1-11,13-16H;/q-1;. The fourth-order valence-electron chi connectivity index (χ4n) is 2.94. The van der Waals surface area contributed by atoms with Crippen LogP contribution in [-0.2, 0) is 20.1 Å². The van der Waals surface area contributed by atoms with Crippen molar-refractivity contribution in [1.82, 2.24) is 4.98 Å². The Morgan fingerprint density at radius 1 is 0.750 bits per heavy atom. The molecule has 0 amide bonds. The van der Waals surface area contributed by atoms with E-state index >= 15 is 0 Å². The van der Waals surface area contributed by atoms with Crippen molar-refractivity contribution in [3.63, 3.8) is 0 Å². The van der Waals surface area contributed by atoms with Crippen molar-refractivity contribution in [3.8, 4) is 11.3 Å². The third-order valence-electron chi connectivity index (χ3n) is 4.14. The van der Waals surface area contributed by atoms with Crippen LogP contribution in [0.5, 0.6) is 0 Å². The topological polar surface area (TPSA) is 16.1 Å². The minimum atomic E-state index is -0.689. The molecule has 0 saturated carbocycles. The Kier molecular flexibility index (Phi) is 6.30. The van der Waals surface area contributed by atoms with Crippen LogP contribution in [0.4, 0.5) is 25.8 Å². The first-order valence-electron chi connectivity index (χ1n) is 8.46. The number of halogens is 2. The monoisotopic (exact) mass is 550 g/mol. The van der Waals surface area contributed by atoms with E-state index in [4.69, 9.17) is 0 Å². The fourth-order valence-corrected chi connectivity index (χ4v) is 2.94. The second kappa shape index (κ2) is 8.87. The van der Waals surface area contributed by atoms with Crippen LogP contribution in [0.15, 0.2) is 91.1 Å². The minimum absolute atomic E-state index is 0. The van der Waals surface area contributed by atoms with Gasteiger partial charge in [-0.15, -0.1) is 12.1 Å². The predicted molar refractivity (Wildman–Crippen MR) is 103 cm³/mol. The van der Waals surface area contributed by atoms with Gasteiger partial charge in [-0.25, -0.2) is 0 Å². The van der Waals surface area contributed by atoms with Gasteiger partial charge in [0.15, 0.2) is 0 Å². The molecule has 3 aromatic carbocycles. The van der Waals surface area contributed by atoms with Crippen LogP contribution in [0.1, 0.15) is 0 Å². The average Bonchev–Trinajstić information content (AvgIpc) is 2.70. The van der Waals surface area contributed by atoms with E-state index in [-0.39, 0.29) is 25.7 Å². The van der Waals surface area contributed by atoms with Crippen LogP contribution in [0.25, 0.3) is 11.3 Å². The maximum absolute atomic E-state index is 14.2. The zero-order valence-corrected chi connectivity index (χ0v) is 17.0. The molecule has 0 unspecified atom stereocenters. The van der Waals surface area contributed by atoms with Gasteiger partial charge in [-0.2, -0.15) is 0 Å². The van der Waals surface area contributed by atoms with Crippen molar-refractivity contribution in [2.45, 2.75) is 0 Å². The van der Waals surface area contributed by atoms with Crippen molar-refractivity contribution in [3.05, 3.63) is 109 Å². The Bertz CT molecular complexity index is 1020. The van der Waals surface area contributed by atoms with Crippen LogP contribution >= 0.6 is 0 Å². The third kappa shape index (κ3) is 4.16. The Hall–Kier alpha value is -2.88. The van der Waals surface area contributed by atoms with E-state index < -0.39 is 11.6 Å². The summed E-state index contributed by atoms with van der Waals surface area (Å²) in [4.78, 5) is 6.30. The largest absolute Gasteiger partial charge is 0.311 e. The number of rotatable bonds is 4. The molecule has 0 spiro atoms. The molecular formula is C23H15F2IrN2-. The van der Waals surface area contributed by atoms with Crippen molar-refractivity contribution < 1.29 is 28.9 Å². The molecule has 5 heteroatoms. The van der Waals surface area contributed by atoms with Gasteiger partial charge < -0.3 is 9.88 Å². The van der Waals surface area contributed by atoms with E-state index in [1.807, 2.05) is 71.6 Å². The van der Waals surface area contributed by atoms with Crippen molar-refractivity contribution >= 4 is 17.1 Å². The van der Waals surface area contributed by atoms with Gasteiger partial charge in [-0.1, -0.05) is 54.1 Å². The molecule has 28 heavy (non-hydrogen) atoms. The predicted octanol–water partition coefficient (Wildman–Crippen LogP) is 6.29. The normalized spacial score (nSPS) is 10.2. The molecule has 1 heterocycles. The summed E-state index contributed by atoms with van der Waals surface area (Å²) in [6.07, 6.45) is 1.61. The summed E-state index contributed by atoms with van der Waals surface area (Å²) in [5, 5.41) is 0. The smallest absolute Gasteiger partial charge is 0.0461 e. The van der Waals surface area contributed by atoms with E-state index in [0.29, 0.717) is 5.69 Å². The number of benzene rings is 3. The molecule has 141 valence electrons. The van der Waals surface area contributed by atoms with Gasteiger partial charge in [0.25, 0.3) is 0 Å². The van der Waals surface area contributed by atoms with E-state index in [2.05, 4.69) is 11.1 Å². The van der Waals surface area contributed by atoms with Crippen molar-refractivity contribution in [2.75, 3.05) is 4.90 Å². The van der Waals surface area contributed by atoms with Gasteiger partial charge in [0, 0.05) is 55.0 Å². The second-order valence-corrected chi connectivity index (χ2v) is 5.95. The first-order chi connectivity index (χ1) is 13.2. The summed E-state index contributed by atoms with van der Waals surface area (Å²) >= 11 is 0. The molecule has 0 aliphatic rings. The number of anilines is 3. The fraction of sp³-hybridized carbons (Fsp3) is 0. The average molecular weight is 550 g/mol. The quantitative estimate of drug-likeness (QED) is 0.278. The zero-order valence-electron chi connectivity index (χ0n) is 14.6. The van der Waals surface area contributed by atoms with Crippen LogP contribution in [-0.4, -0.2) is 4.98 Å². The number of para-hydroxylation sites is 2. The third-order valence-corrected chi connectivity index (χ3v) is 4.14. The Balaban J connectivity index is 0.00000225. The number of aromatic nitrogens is 1. The van der Waals surface area contributed by atoms with Crippen molar-refractivity contribution in [2.24, 2.45) is 0 Å². The van der Waals surface area contributed by atoms with E-state index in [0.717, 1.165) is 29.2 Å². The van der Waals surface area contributed by atoms with E-state index in [1.54, 1.807) is 12.3 Å². The zero-order chi connectivity index (χ0) is 18.6. The van der Waals surface area contributed by atoms with Gasteiger partial charge in [-0.3, -0.25) is 8.78 Å². The number of hydrogen-bond acceptors (Lipinski definition) is 2.